The lowest BCUT2D eigenvalue weighted by atomic mass is 10.0. The number of amides is 1. The smallest absolute Gasteiger partial charge is 0.252 e. The number of carbonyl (C=O) groups is 1. The Morgan fingerprint density at radius 2 is 1.84 bits per heavy atom. The highest BCUT2D eigenvalue weighted by molar-refractivity contribution is 6.06. The Hall–Kier alpha value is -1.89. The van der Waals surface area contributed by atoms with Crippen molar-refractivity contribution in [2.45, 2.75) is 5.54 Å². The van der Waals surface area contributed by atoms with Crippen LogP contribution in [0.2, 0.25) is 0 Å². The van der Waals surface area contributed by atoms with Crippen LogP contribution in [-0.2, 0) is 0 Å². The number of aliphatic hydroxyl groups is 3. The van der Waals surface area contributed by atoms with Crippen molar-refractivity contribution in [2.75, 3.05) is 19.8 Å². The molecule has 0 aliphatic carbocycles. The average Bonchev–Trinajstić information content (AvgIpc) is 2.93. The van der Waals surface area contributed by atoms with Gasteiger partial charge in [-0.2, -0.15) is 0 Å². The Kier molecular flexibility index (Phi) is 3.84. The zero-order valence-electron chi connectivity index (χ0n) is 10.3. The maximum atomic E-state index is 12.2. The van der Waals surface area contributed by atoms with Crippen molar-refractivity contribution in [3.63, 3.8) is 0 Å². The van der Waals surface area contributed by atoms with Crippen LogP contribution in [0.25, 0.3) is 10.9 Å². The Morgan fingerprint density at radius 1 is 1.16 bits per heavy atom. The normalized spacial score (nSPS) is 11.7. The number of H-pyrrole nitrogens is 1. The van der Waals surface area contributed by atoms with Crippen LogP contribution in [0.15, 0.2) is 30.5 Å². The van der Waals surface area contributed by atoms with Gasteiger partial charge in [0.2, 0.25) is 0 Å². The van der Waals surface area contributed by atoms with E-state index < -0.39 is 31.3 Å². The topological polar surface area (TPSA) is 106 Å². The minimum Gasteiger partial charge on any atom is -0.394 e. The molecule has 1 aromatic heterocycles. The Labute approximate surface area is 109 Å². The summed E-state index contributed by atoms with van der Waals surface area (Å²) < 4.78 is 0. The Bertz CT molecular complexity index is 567. The second-order valence-corrected chi connectivity index (χ2v) is 4.45. The number of aliphatic hydroxyl groups excluding tert-OH is 3. The molecule has 102 valence electrons. The molecule has 6 nitrogen and oxygen atoms in total. The maximum Gasteiger partial charge on any atom is 0.252 e. The number of aromatic nitrogens is 1. The number of benzene rings is 1. The van der Waals surface area contributed by atoms with Crippen molar-refractivity contribution in [1.82, 2.24) is 10.3 Å². The van der Waals surface area contributed by atoms with Gasteiger partial charge in [0.25, 0.3) is 5.91 Å². The van der Waals surface area contributed by atoms with Gasteiger partial charge in [0.1, 0.15) is 5.54 Å². The minimum absolute atomic E-state index is 0.415. The van der Waals surface area contributed by atoms with E-state index in [1.807, 2.05) is 6.07 Å². The van der Waals surface area contributed by atoms with Crippen LogP contribution >= 0.6 is 0 Å². The lowest BCUT2D eigenvalue weighted by Crippen LogP contribution is -2.57. The molecule has 0 aliphatic rings. The first-order valence-corrected chi connectivity index (χ1v) is 5.87. The molecule has 0 aliphatic heterocycles. The van der Waals surface area contributed by atoms with E-state index in [0.717, 1.165) is 10.9 Å². The van der Waals surface area contributed by atoms with Crippen LogP contribution < -0.4 is 5.32 Å². The van der Waals surface area contributed by atoms with Crippen LogP contribution in [-0.4, -0.2) is 51.6 Å². The van der Waals surface area contributed by atoms with Crippen molar-refractivity contribution in [3.05, 3.63) is 36.0 Å². The molecule has 0 fully saturated rings. The van der Waals surface area contributed by atoms with Gasteiger partial charge < -0.3 is 25.6 Å². The van der Waals surface area contributed by atoms with E-state index in [1.54, 1.807) is 24.4 Å². The zero-order valence-corrected chi connectivity index (χ0v) is 10.3. The van der Waals surface area contributed by atoms with Crippen molar-refractivity contribution < 1.29 is 20.1 Å². The molecule has 0 radical (unpaired) electrons. The quantitative estimate of drug-likeness (QED) is 0.507. The summed E-state index contributed by atoms with van der Waals surface area (Å²) in [6.45, 7) is -1.64. The third-order valence-electron chi connectivity index (χ3n) is 3.13. The molecule has 6 heteroatoms. The first-order valence-electron chi connectivity index (χ1n) is 5.87. The first kappa shape index (κ1) is 13.5. The molecule has 0 unspecified atom stereocenters. The van der Waals surface area contributed by atoms with Gasteiger partial charge in [-0.15, -0.1) is 0 Å². The number of aromatic amines is 1. The monoisotopic (exact) mass is 264 g/mol. The van der Waals surface area contributed by atoms with E-state index in [1.165, 1.54) is 0 Å². The molecule has 1 aromatic carbocycles. The van der Waals surface area contributed by atoms with Gasteiger partial charge in [0.15, 0.2) is 0 Å². The number of fused-ring (bicyclic) bond motifs is 1. The molecule has 0 atom stereocenters. The largest absolute Gasteiger partial charge is 0.394 e. The first-order chi connectivity index (χ1) is 9.15. The Balaban J connectivity index is 2.32. The summed E-state index contributed by atoms with van der Waals surface area (Å²) in [7, 11) is 0. The molecule has 0 spiro atoms. The predicted molar refractivity (Wildman–Crippen MR) is 69.8 cm³/mol. The van der Waals surface area contributed by atoms with Crippen LogP contribution in [0.1, 0.15) is 10.4 Å². The molecular weight excluding hydrogens is 248 g/mol. The van der Waals surface area contributed by atoms with E-state index in [0.29, 0.717) is 5.56 Å². The van der Waals surface area contributed by atoms with E-state index in [9.17, 15) is 20.1 Å². The summed E-state index contributed by atoms with van der Waals surface area (Å²) in [6.07, 6.45) is 1.72. The second-order valence-electron chi connectivity index (χ2n) is 4.45. The van der Waals surface area contributed by atoms with Crippen LogP contribution in [0.5, 0.6) is 0 Å². The number of carbonyl (C=O) groups excluding carboxylic acids is 1. The van der Waals surface area contributed by atoms with Crippen LogP contribution in [0.3, 0.4) is 0 Å². The van der Waals surface area contributed by atoms with Crippen LogP contribution in [0, 0.1) is 0 Å². The van der Waals surface area contributed by atoms with Gasteiger partial charge >= 0.3 is 0 Å². The molecule has 5 N–H and O–H groups in total. The van der Waals surface area contributed by atoms with Gasteiger partial charge in [-0.1, -0.05) is 6.07 Å². The van der Waals surface area contributed by atoms with E-state index >= 15 is 0 Å². The standard InChI is InChI=1S/C13H16N2O4/c16-6-13(7-17,8-18)15-12(19)10-2-1-3-11-9(10)4-5-14-11/h1-5,14,16-18H,6-8H2,(H,15,19). The van der Waals surface area contributed by atoms with Crippen molar-refractivity contribution in [2.24, 2.45) is 0 Å². The summed E-state index contributed by atoms with van der Waals surface area (Å²) in [5.41, 5.74) is -0.191. The van der Waals surface area contributed by atoms with Gasteiger partial charge in [-0.3, -0.25) is 4.79 Å². The summed E-state index contributed by atoms with van der Waals surface area (Å²) >= 11 is 0. The lowest BCUT2D eigenvalue weighted by molar-refractivity contribution is 0.0376. The number of nitrogens with one attached hydrogen (secondary N) is 2. The highest BCUT2D eigenvalue weighted by Crippen LogP contribution is 2.18. The molecule has 2 aromatic rings. The third-order valence-corrected chi connectivity index (χ3v) is 3.13. The number of hydrogen-bond acceptors (Lipinski definition) is 4. The third kappa shape index (κ3) is 2.46. The molecule has 0 saturated carbocycles. The van der Waals surface area contributed by atoms with Crippen LogP contribution in [0.4, 0.5) is 0 Å². The molecule has 1 amide bonds. The van der Waals surface area contributed by atoms with Crippen molar-refractivity contribution in [1.29, 1.82) is 0 Å². The van der Waals surface area contributed by atoms with E-state index in [-0.39, 0.29) is 0 Å². The highest BCUT2D eigenvalue weighted by Gasteiger charge is 2.30. The van der Waals surface area contributed by atoms with Gasteiger partial charge in [0.05, 0.1) is 19.8 Å². The van der Waals surface area contributed by atoms with E-state index in [2.05, 4.69) is 10.3 Å². The fourth-order valence-electron chi connectivity index (χ4n) is 1.86. The molecule has 2 rings (SSSR count). The molecule has 0 bridgehead atoms. The molecule has 19 heavy (non-hydrogen) atoms. The number of rotatable bonds is 5. The average molecular weight is 264 g/mol. The number of hydrogen-bond donors (Lipinski definition) is 5. The van der Waals surface area contributed by atoms with Gasteiger partial charge in [-0.25, -0.2) is 0 Å². The second kappa shape index (κ2) is 5.40. The maximum absolute atomic E-state index is 12.2. The molecular formula is C13H16N2O4. The molecule has 1 heterocycles. The summed E-state index contributed by atoms with van der Waals surface area (Å²) in [5.74, 6) is -0.456. The van der Waals surface area contributed by atoms with Gasteiger partial charge in [-0.05, 0) is 18.2 Å². The predicted octanol–water partition coefficient (Wildman–Crippen LogP) is -0.387. The highest BCUT2D eigenvalue weighted by atomic mass is 16.3. The summed E-state index contributed by atoms with van der Waals surface area (Å²) in [6, 6.07) is 6.97. The SMILES string of the molecule is O=C(NC(CO)(CO)CO)c1cccc2[nH]ccc12. The van der Waals surface area contributed by atoms with E-state index in [4.69, 9.17) is 0 Å². The summed E-state index contributed by atoms with van der Waals surface area (Å²) in [4.78, 5) is 15.2. The lowest BCUT2D eigenvalue weighted by Gasteiger charge is -2.28. The molecule has 0 saturated heterocycles. The van der Waals surface area contributed by atoms with Gasteiger partial charge in [0, 0.05) is 22.7 Å². The summed E-state index contributed by atoms with van der Waals surface area (Å²) in [5, 5.41) is 30.8. The fourth-order valence-corrected chi connectivity index (χ4v) is 1.86. The van der Waals surface area contributed by atoms with Crippen molar-refractivity contribution in [3.8, 4) is 0 Å². The Morgan fingerprint density at radius 3 is 2.47 bits per heavy atom. The minimum atomic E-state index is -1.42. The zero-order chi connectivity index (χ0) is 13.9. The fraction of sp³-hybridized carbons (Fsp3) is 0.308. The van der Waals surface area contributed by atoms with Crippen molar-refractivity contribution >= 4 is 16.8 Å².